The third-order valence-electron chi connectivity index (χ3n) is 5.45. The molecule has 33 heavy (non-hydrogen) atoms. The predicted octanol–water partition coefficient (Wildman–Crippen LogP) is 3.29. The third kappa shape index (κ3) is 4.72. The maximum atomic E-state index is 12.5. The Morgan fingerprint density at radius 1 is 0.939 bits per heavy atom. The summed E-state index contributed by atoms with van der Waals surface area (Å²) in [5.74, 6) is 0.772. The molecule has 9 heteroatoms. The Bertz CT molecular complexity index is 1120. The van der Waals surface area contributed by atoms with E-state index in [-0.39, 0.29) is 12.1 Å². The van der Waals surface area contributed by atoms with Gasteiger partial charge in [-0.25, -0.2) is 9.59 Å². The number of benzene rings is 2. The average molecular weight is 450 g/mol. The van der Waals surface area contributed by atoms with E-state index in [0.717, 1.165) is 11.4 Å². The number of esters is 1. The van der Waals surface area contributed by atoms with Crippen LogP contribution in [0.3, 0.4) is 0 Å². The Labute approximate surface area is 191 Å². The number of anilines is 2. The van der Waals surface area contributed by atoms with Gasteiger partial charge in [0.1, 0.15) is 11.5 Å². The number of urea groups is 1. The van der Waals surface area contributed by atoms with Gasteiger partial charge in [-0.05, 0) is 24.3 Å². The minimum absolute atomic E-state index is 0.0446. The lowest BCUT2D eigenvalue weighted by atomic mass is 10.0. The number of methoxy groups -OCH3 is 3. The highest BCUT2D eigenvalue weighted by atomic mass is 16.5. The standard InChI is InChI=1S/C24H26N4O5/c1-31-18-11-16(12-19(13-18)32-2)25-24(30)26-17-14-28(15-17)21-8-6-7-20(23(29)33-3)22(21)27-9-4-5-10-27/h4-13,17H,14-15H2,1-3H3,(H2,25,26,30). The first kappa shape index (κ1) is 22.1. The smallest absolute Gasteiger partial charge is 0.340 e. The van der Waals surface area contributed by atoms with Crippen LogP contribution in [0.5, 0.6) is 11.5 Å². The Kier molecular flexibility index (Phi) is 6.39. The molecule has 1 aliphatic rings. The van der Waals surface area contributed by atoms with Crippen molar-refractivity contribution >= 4 is 23.4 Å². The molecule has 1 aromatic heterocycles. The number of carbonyl (C=O) groups is 2. The molecule has 1 saturated heterocycles. The van der Waals surface area contributed by atoms with Crippen LogP contribution in [0.15, 0.2) is 60.9 Å². The van der Waals surface area contributed by atoms with E-state index in [1.54, 1.807) is 38.5 Å². The van der Waals surface area contributed by atoms with Gasteiger partial charge in [-0.1, -0.05) is 6.07 Å². The second-order valence-electron chi connectivity index (χ2n) is 7.56. The number of aromatic nitrogens is 1. The van der Waals surface area contributed by atoms with E-state index in [1.807, 2.05) is 41.2 Å². The first-order chi connectivity index (χ1) is 16.0. The Morgan fingerprint density at radius 3 is 2.21 bits per heavy atom. The minimum atomic E-state index is -0.399. The number of amides is 2. The van der Waals surface area contributed by atoms with Gasteiger partial charge in [-0.15, -0.1) is 0 Å². The molecule has 2 aromatic carbocycles. The number of carbonyl (C=O) groups excluding carboxylic acids is 2. The fourth-order valence-corrected chi connectivity index (χ4v) is 3.81. The fourth-order valence-electron chi connectivity index (χ4n) is 3.81. The molecule has 0 bridgehead atoms. The molecule has 1 aliphatic heterocycles. The highest BCUT2D eigenvalue weighted by Crippen LogP contribution is 2.32. The van der Waals surface area contributed by atoms with Crippen molar-refractivity contribution in [1.29, 1.82) is 0 Å². The van der Waals surface area contributed by atoms with Gasteiger partial charge < -0.3 is 34.3 Å². The minimum Gasteiger partial charge on any atom is -0.497 e. The lowest BCUT2D eigenvalue weighted by Crippen LogP contribution is -2.60. The predicted molar refractivity (Wildman–Crippen MR) is 125 cm³/mol. The van der Waals surface area contributed by atoms with Gasteiger partial charge in [0, 0.05) is 49.4 Å². The van der Waals surface area contributed by atoms with E-state index >= 15 is 0 Å². The molecule has 2 N–H and O–H groups in total. The van der Waals surface area contributed by atoms with Gasteiger partial charge in [0.15, 0.2) is 0 Å². The van der Waals surface area contributed by atoms with Gasteiger partial charge in [0.05, 0.1) is 44.3 Å². The topological polar surface area (TPSA) is 94.1 Å². The van der Waals surface area contributed by atoms with Crippen LogP contribution in [0.2, 0.25) is 0 Å². The number of nitrogens with one attached hydrogen (secondary N) is 2. The lowest BCUT2D eigenvalue weighted by Gasteiger charge is -2.42. The van der Waals surface area contributed by atoms with Crippen LogP contribution >= 0.6 is 0 Å². The first-order valence-corrected chi connectivity index (χ1v) is 10.4. The highest BCUT2D eigenvalue weighted by Gasteiger charge is 2.31. The van der Waals surface area contributed by atoms with Gasteiger partial charge in [0.25, 0.3) is 0 Å². The van der Waals surface area contributed by atoms with E-state index in [2.05, 4.69) is 15.5 Å². The molecule has 0 aliphatic carbocycles. The quantitative estimate of drug-likeness (QED) is 0.537. The number of hydrogen-bond acceptors (Lipinski definition) is 6. The second-order valence-corrected chi connectivity index (χ2v) is 7.56. The molecular weight excluding hydrogens is 424 g/mol. The molecular formula is C24H26N4O5. The molecule has 0 radical (unpaired) electrons. The molecule has 2 heterocycles. The molecule has 0 spiro atoms. The average Bonchev–Trinajstić information content (AvgIpc) is 3.34. The van der Waals surface area contributed by atoms with Crippen molar-refractivity contribution in [1.82, 2.24) is 9.88 Å². The Morgan fingerprint density at radius 2 is 1.61 bits per heavy atom. The number of hydrogen-bond donors (Lipinski definition) is 2. The fraction of sp³-hybridized carbons (Fsp3) is 0.250. The number of nitrogens with zero attached hydrogens (tertiary/aromatic N) is 2. The van der Waals surface area contributed by atoms with Gasteiger partial charge >= 0.3 is 12.0 Å². The molecule has 9 nitrogen and oxygen atoms in total. The zero-order valence-electron chi connectivity index (χ0n) is 18.7. The van der Waals surface area contributed by atoms with Crippen LogP contribution in [-0.2, 0) is 4.74 Å². The van der Waals surface area contributed by atoms with Gasteiger partial charge in [-0.3, -0.25) is 0 Å². The second kappa shape index (κ2) is 9.56. The highest BCUT2D eigenvalue weighted by molar-refractivity contribution is 5.96. The third-order valence-corrected chi connectivity index (χ3v) is 5.45. The van der Waals surface area contributed by atoms with Crippen LogP contribution in [-0.4, -0.2) is 57.0 Å². The summed E-state index contributed by atoms with van der Waals surface area (Å²) in [6.07, 6.45) is 3.77. The summed E-state index contributed by atoms with van der Waals surface area (Å²) in [4.78, 5) is 27.0. The molecule has 2 amide bonds. The van der Waals surface area contributed by atoms with E-state index in [1.165, 1.54) is 7.11 Å². The maximum Gasteiger partial charge on any atom is 0.340 e. The zero-order chi connectivity index (χ0) is 23.4. The van der Waals surface area contributed by atoms with Crippen LogP contribution in [0.25, 0.3) is 5.69 Å². The summed E-state index contributed by atoms with van der Waals surface area (Å²) in [6, 6.07) is 14.1. The molecule has 0 unspecified atom stereocenters. The van der Waals surface area contributed by atoms with Crippen molar-refractivity contribution < 1.29 is 23.8 Å². The molecule has 3 aromatic rings. The summed E-state index contributed by atoms with van der Waals surface area (Å²) in [5.41, 5.74) is 2.69. The molecule has 4 rings (SSSR count). The van der Waals surface area contributed by atoms with Gasteiger partial charge in [0.2, 0.25) is 0 Å². The van der Waals surface area contributed by atoms with E-state index in [4.69, 9.17) is 14.2 Å². The largest absolute Gasteiger partial charge is 0.497 e. The monoisotopic (exact) mass is 450 g/mol. The Hall–Kier alpha value is -4.14. The SMILES string of the molecule is COC(=O)c1cccc(N2CC(NC(=O)Nc3cc(OC)cc(OC)c3)C2)c1-n1cccc1. The first-order valence-electron chi connectivity index (χ1n) is 10.4. The van der Waals surface area contributed by atoms with E-state index in [0.29, 0.717) is 35.8 Å². The molecule has 0 atom stereocenters. The molecule has 0 saturated carbocycles. The van der Waals surface area contributed by atoms with Crippen LogP contribution in [0.4, 0.5) is 16.2 Å². The zero-order valence-corrected chi connectivity index (χ0v) is 18.7. The Balaban J connectivity index is 1.44. The van der Waals surface area contributed by atoms with Crippen molar-refractivity contribution in [2.75, 3.05) is 44.6 Å². The van der Waals surface area contributed by atoms with Crippen molar-refractivity contribution in [3.8, 4) is 17.2 Å². The van der Waals surface area contributed by atoms with Crippen LogP contribution in [0, 0.1) is 0 Å². The van der Waals surface area contributed by atoms with Gasteiger partial charge in [-0.2, -0.15) is 0 Å². The maximum absolute atomic E-state index is 12.5. The van der Waals surface area contributed by atoms with Crippen LogP contribution in [0.1, 0.15) is 10.4 Å². The summed E-state index contributed by atoms with van der Waals surface area (Å²) in [7, 11) is 4.48. The normalized spacial score (nSPS) is 13.1. The number of rotatable bonds is 7. The van der Waals surface area contributed by atoms with Crippen molar-refractivity contribution in [3.05, 3.63) is 66.5 Å². The van der Waals surface area contributed by atoms with Crippen molar-refractivity contribution in [3.63, 3.8) is 0 Å². The summed E-state index contributed by atoms with van der Waals surface area (Å²) in [5, 5.41) is 5.79. The van der Waals surface area contributed by atoms with E-state index in [9.17, 15) is 9.59 Å². The van der Waals surface area contributed by atoms with Crippen molar-refractivity contribution in [2.24, 2.45) is 0 Å². The summed E-state index contributed by atoms with van der Waals surface area (Å²) in [6.45, 7) is 1.21. The summed E-state index contributed by atoms with van der Waals surface area (Å²) < 4.78 is 17.3. The summed E-state index contributed by atoms with van der Waals surface area (Å²) >= 11 is 0. The lowest BCUT2D eigenvalue weighted by molar-refractivity contribution is 0.0600. The van der Waals surface area contributed by atoms with Crippen molar-refractivity contribution in [2.45, 2.75) is 6.04 Å². The number of para-hydroxylation sites is 1. The van der Waals surface area contributed by atoms with E-state index < -0.39 is 5.97 Å². The molecule has 172 valence electrons. The number of ether oxygens (including phenoxy) is 3. The van der Waals surface area contributed by atoms with Crippen LogP contribution < -0.4 is 25.0 Å². The molecule has 1 fully saturated rings.